The molecule has 1 spiro atoms. The molecular weight excluding hydrogens is 464 g/mol. The molecule has 2 saturated carbocycles. The molecule has 0 saturated heterocycles. The molecule has 0 aliphatic heterocycles. The number of halogens is 1. The number of imidazole rings is 1. The second kappa shape index (κ2) is 7.50. The van der Waals surface area contributed by atoms with Crippen molar-refractivity contribution in [3.8, 4) is 22.8 Å². The number of ether oxygens (including phenoxy) is 1. The maximum absolute atomic E-state index is 10.4. The zero-order valence-corrected chi connectivity index (χ0v) is 19.8. The lowest BCUT2D eigenvalue weighted by molar-refractivity contribution is -0.145. The van der Waals surface area contributed by atoms with E-state index in [1.807, 2.05) is 42.1 Å². The number of aliphatic hydroxyl groups excluding tert-OH is 1. The van der Waals surface area contributed by atoms with Gasteiger partial charge >= 0.3 is 0 Å². The molecule has 8 nitrogen and oxygen atoms in total. The van der Waals surface area contributed by atoms with Gasteiger partial charge in [-0.3, -0.25) is 9.67 Å². The Labute approximate surface area is 206 Å². The average Bonchev–Trinajstić information content (AvgIpc) is 3.43. The van der Waals surface area contributed by atoms with Crippen molar-refractivity contribution in [1.82, 2.24) is 29.7 Å². The Bertz CT molecular complexity index is 1600. The standard InChI is InChI=1S/C26H23ClN6O2/c1-14-30-17-4-3-16(9-19(17)31-14)35-22-6-5-18-24(23(22)27)32-20(12-28-18)15-11-29-33(13-15)25-21(34)10-26(25)7-2-8-26/h3-6,9,11-13,21,25,34H,2,7-8,10H2,1H3,(H,30,31). The second-order valence-corrected chi connectivity index (χ2v) is 10.1. The number of aliphatic hydroxyl groups is 1. The minimum atomic E-state index is -0.343. The molecular formula is C26H23ClN6O2. The lowest BCUT2D eigenvalue weighted by atomic mass is 9.51. The average molecular weight is 487 g/mol. The number of rotatable bonds is 4. The summed E-state index contributed by atoms with van der Waals surface area (Å²) in [6.45, 7) is 1.92. The lowest BCUT2D eigenvalue weighted by Crippen LogP contribution is -2.56. The van der Waals surface area contributed by atoms with E-state index in [0.717, 1.165) is 41.7 Å². The first-order valence-electron chi connectivity index (χ1n) is 11.8. The Hall–Kier alpha value is -3.49. The molecule has 2 fully saturated rings. The van der Waals surface area contributed by atoms with Gasteiger partial charge in [0.25, 0.3) is 0 Å². The van der Waals surface area contributed by atoms with Gasteiger partial charge in [-0.15, -0.1) is 0 Å². The van der Waals surface area contributed by atoms with Crippen LogP contribution >= 0.6 is 11.6 Å². The highest BCUT2D eigenvalue weighted by Gasteiger charge is 2.57. The van der Waals surface area contributed by atoms with Crippen LogP contribution in [0.15, 0.2) is 48.9 Å². The molecule has 35 heavy (non-hydrogen) atoms. The van der Waals surface area contributed by atoms with Gasteiger partial charge in [-0.25, -0.2) is 9.97 Å². The van der Waals surface area contributed by atoms with Crippen LogP contribution in [0.5, 0.6) is 11.5 Å². The van der Waals surface area contributed by atoms with Crippen LogP contribution in [0.3, 0.4) is 0 Å². The summed E-state index contributed by atoms with van der Waals surface area (Å²) in [7, 11) is 0. The number of aryl methyl sites for hydroxylation is 1. The van der Waals surface area contributed by atoms with Crippen molar-refractivity contribution < 1.29 is 9.84 Å². The smallest absolute Gasteiger partial charge is 0.148 e. The Balaban J connectivity index is 1.21. The quantitative estimate of drug-likeness (QED) is 0.343. The van der Waals surface area contributed by atoms with Gasteiger partial charge in [0, 0.05) is 17.8 Å². The highest BCUT2D eigenvalue weighted by atomic mass is 35.5. The summed E-state index contributed by atoms with van der Waals surface area (Å²) in [5, 5.41) is 15.4. The molecule has 2 atom stereocenters. The molecule has 3 aromatic heterocycles. The molecule has 0 amide bonds. The van der Waals surface area contributed by atoms with Crippen molar-refractivity contribution in [3.05, 3.63) is 59.8 Å². The van der Waals surface area contributed by atoms with Gasteiger partial charge in [0.05, 0.1) is 46.8 Å². The molecule has 2 aliphatic rings. The molecule has 3 heterocycles. The zero-order valence-electron chi connectivity index (χ0n) is 19.1. The topological polar surface area (TPSA) is 102 Å². The number of H-pyrrole nitrogens is 1. The minimum absolute atomic E-state index is 0.0398. The monoisotopic (exact) mass is 486 g/mol. The molecule has 2 aliphatic carbocycles. The molecule has 9 heteroatoms. The number of nitrogens with zero attached hydrogens (tertiary/aromatic N) is 5. The molecule has 0 radical (unpaired) electrons. The number of aromatic amines is 1. The Morgan fingerprint density at radius 3 is 2.80 bits per heavy atom. The minimum Gasteiger partial charge on any atom is -0.456 e. The number of nitrogens with one attached hydrogen (secondary N) is 1. The number of hydrogen-bond acceptors (Lipinski definition) is 6. The molecule has 0 bridgehead atoms. The van der Waals surface area contributed by atoms with Crippen molar-refractivity contribution in [3.63, 3.8) is 0 Å². The summed E-state index contributed by atoms with van der Waals surface area (Å²) >= 11 is 6.74. The van der Waals surface area contributed by atoms with Crippen molar-refractivity contribution in [2.75, 3.05) is 0 Å². The fraction of sp³-hybridized carbons (Fsp3) is 0.308. The largest absolute Gasteiger partial charge is 0.456 e. The van der Waals surface area contributed by atoms with Gasteiger partial charge in [0.15, 0.2) is 0 Å². The van der Waals surface area contributed by atoms with E-state index in [0.29, 0.717) is 33.2 Å². The van der Waals surface area contributed by atoms with Gasteiger partial charge < -0.3 is 14.8 Å². The van der Waals surface area contributed by atoms with E-state index in [1.54, 1.807) is 18.5 Å². The molecule has 7 rings (SSSR count). The van der Waals surface area contributed by atoms with Crippen LogP contribution in [0, 0.1) is 12.3 Å². The number of hydrogen-bond donors (Lipinski definition) is 2. The van der Waals surface area contributed by atoms with Crippen LogP contribution in [0.1, 0.15) is 37.5 Å². The predicted molar refractivity (Wildman–Crippen MR) is 133 cm³/mol. The van der Waals surface area contributed by atoms with Crippen LogP contribution in [0.25, 0.3) is 33.3 Å². The number of aromatic nitrogens is 6. The van der Waals surface area contributed by atoms with Gasteiger partial charge in [0.2, 0.25) is 0 Å². The molecule has 2 aromatic carbocycles. The Kier molecular flexibility index (Phi) is 4.47. The van der Waals surface area contributed by atoms with Crippen molar-refractivity contribution in [2.24, 2.45) is 5.41 Å². The first-order chi connectivity index (χ1) is 17.0. The maximum atomic E-state index is 10.4. The normalized spacial score (nSPS) is 20.8. The Morgan fingerprint density at radius 1 is 1.14 bits per heavy atom. The summed E-state index contributed by atoms with van der Waals surface area (Å²) < 4.78 is 8.01. The zero-order chi connectivity index (χ0) is 23.7. The summed E-state index contributed by atoms with van der Waals surface area (Å²) in [5.74, 6) is 2.00. The van der Waals surface area contributed by atoms with E-state index in [2.05, 4.69) is 20.1 Å². The summed E-state index contributed by atoms with van der Waals surface area (Å²) in [4.78, 5) is 17.0. The molecule has 2 N–H and O–H groups in total. The van der Waals surface area contributed by atoms with Crippen molar-refractivity contribution in [2.45, 2.75) is 44.8 Å². The summed E-state index contributed by atoms with van der Waals surface area (Å²) in [6.07, 6.45) is 9.54. The second-order valence-electron chi connectivity index (χ2n) is 9.75. The van der Waals surface area contributed by atoms with Crippen LogP contribution in [-0.2, 0) is 0 Å². The molecule has 5 aromatic rings. The first-order valence-corrected chi connectivity index (χ1v) is 12.2. The van der Waals surface area contributed by atoms with Crippen LogP contribution < -0.4 is 4.74 Å². The van der Waals surface area contributed by atoms with Gasteiger partial charge in [-0.05, 0) is 55.9 Å². The highest BCUT2D eigenvalue weighted by molar-refractivity contribution is 6.36. The van der Waals surface area contributed by atoms with E-state index in [9.17, 15) is 5.11 Å². The predicted octanol–water partition coefficient (Wildman–Crippen LogP) is 5.60. The maximum Gasteiger partial charge on any atom is 0.148 e. The van der Waals surface area contributed by atoms with Gasteiger partial charge in [-0.1, -0.05) is 18.0 Å². The lowest BCUT2D eigenvalue weighted by Gasteiger charge is -2.58. The van der Waals surface area contributed by atoms with Crippen molar-refractivity contribution in [1.29, 1.82) is 0 Å². The fourth-order valence-electron chi connectivity index (χ4n) is 5.66. The van der Waals surface area contributed by atoms with E-state index < -0.39 is 0 Å². The van der Waals surface area contributed by atoms with E-state index in [1.165, 1.54) is 6.42 Å². The SMILES string of the molecule is Cc1nc2ccc(Oc3ccc4ncc(-c5cnn(C6C(O)CC67CCC7)c5)nc4c3Cl)cc2[nH]1. The first kappa shape index (κ1) is 20.8. The molecule has 2 unspecified atom stereocenters. The summed E-state index contributed by atoms with van der Waals surface area (Å²) in [5.41, 5.74) is 4.76. The van der Waals surface area contributed by atoms with E-state index >= 15 is 0 Å². The van der Waals surface area contributed by atoms with Gasteiger partial charge in [0.1, 0.15) is 27.9 Å². The third-order valence-corrected chi connectivity index (χ3v) is 7.92. The fourth-order valence-corrected chi connectivity index (χ4v) is 5.90. The third-order valence-electron chi connectivity index (χ3n) is 7.56. The third kappa shape index (κ3) is 3.24. The molecule has 176 valence electrons. The van der Waals surface area contributed by atoms with Crippen LogP contribution in [-0.4, -0.2) is 40.9 Å². The van der Waals surface area contributed by atoms with E-state index in [-0.39, 0.29) is 17.6 Å². The van der Waals surface area contributed by atoms with Crippen LogP contribution in [0.2, 0.25) is 5.02 Å². The van der Waals surface area contributed by atoms with E-state index in [4.69, 9.17) is 21.3 Å². The highest BCUT2D eigenvalue weighted by Crippen LogP contribution is 2.61. The number of benzene rings is 2. The summed E-state index contributed by atoms with van der Waals surface area (Å²) in [6, 6.07) is 9.36. The van der Waals surface area contributed by atoms with Crippen molar-refractivity contribution >= 4 is 33.7 Å². The Morgan fingerprint density at radius 2 is 2.00 bits per heavy atom. The number of fused-ring (bicyclic) bond motifs is 2. The van der Waals surface area contributed by atoms with Gasteiger partial charge in [-0.2, -0.15) is 5.10 Å². The van der Waals surface area contributed by atoms with Crippen LogP contribution in [0.4, 0.5) is 0 Å².